The van der Waals surface area contributed by atoms with Crippen LogP contribution in [-0.2, 0) is 0 Å². The first kappa shape index (κ1) is 11.8. The SMILES string of the molecule is N#Cc1ccccc1C(=O)/C=C/c1ccccc1. The molecule has 0 atom stereocenters. The smallest absolute Gasteiger partial charge is 0.187 e. The molecule has 0 spiro atoms. The zero-order chi connectivity index (χ0) is 12.8. The van der Waals surface area contributed by atoms with E-state index < -0.39 is 0 Å². The fourth-order valence-corrected chi connectivity index (χ4v) is 1.62. The molecule has 18 heavy (non-hydrogen) atoms. The lowest BCUT2D eigenvalue weighted by molar-refractivity contribution is 0.104. The molecule has 0 aliphatic carbocycles. The number of hydrogen-bond donors (Lipinski definition) is 0. The van der Waals surface area contributed by atoms with E-state index in [0.717, 1.165) is 5.56 Å². The average molecular weight is 233 g/mol. The van der Waals surface area contributed by atoms with Crippen LogP contribution < -0.4 is 0 Å². The third-order valence-corrected chi connectivity index (χ3v) is 2.54. The van der Waals surface area contributed by atoms with Crippen LogP contribution in [0.5, 0.6) is 0 Å². The van der Waals surface area contributed by atoms with Gasteiger partial charge in [-0.1, -0.05) is 48.5 Å². The van der Waals surface area contributed by atoms with Gasteiger partial charge >= 0.3 is 0 Å². The van der Waals surface area contributed by atoms with Crippen LogP contribution in [0.15, 0.2) is 60.7 Å². The van der Waals surface area contributed by atoms with Gasteiger partial charge in [0.15, 0.2) is 5.78 Å². The zero-order valence-corrected chi connectivity index (χ0v) is 9.71. The number of rotatable bonds is 3. The second-order valence-electron chi connectivity index (χ2n) is 3.77. The highest BCUT2D eigenvalue weighted by atomic mass is 16.1. The minimum Gasteiger partial charge on any atom is -0.289 e. The van der Waals surface area contributed by atoms with Crippen LogP contribution in [0.1, 0.15) is 21.5 Å². The third kappa shape index (κ3) is 2.72. The molecule has 2 rings (SSSR count). The first-order chi connectivity index (χ1) is 8.81. The molecule has 0 amide bonds. The predicted octanol–water partition coefficient (Wildman–Crippen LogP) is 3.45. The quantitative estimate of drug-likeness (QED) is 0.601. The fraction of sp³-hybridized carbons (Fsp3) is 0. The highest BCUT2D eigenvalue weighted by molar-refractivity contribution is 6.08. The summed E-state index contributed by atoms with van der Waals surface area (Å²) >= 11 is 0. The molecule has 86 valence electrons. The Labute approximate surface area is 106 Å². The monoisotopic (exact) mass is 233 g/mol. The molecule has 2 aromatic carbocycles. The first-order valence-electron chi connectivity index (χ1n) is 5.58. The number of carbonyl (C=O) groups is 1. The highest BCUT2D eigenvalue weighted by Gasteiger charge is 2.06. The maximum Gasteiger partial charge on any atom is 0.187 e. The average Bonchev–Trinajstić information content (AvgIpc) is 2.45. The minimum absolute atomic E-state index is 0.156. The Hall–Kier alpha value is -2.66. The Kier molecular flexibility index (Phi) is 3.68. The van der Waals surface area contributed by atoms with E-state index in [9.17, 15) is 4.79 Å². The molecule has 0 N–H and O–H groups in total. The van der Waals surface area contributed by atoms with Gasteiger partial charge in [-0.2, -0.15) is 5.26 Å². The molecule has 0 saturated heterocycles. The number of ketones is 1. The molecule has 0 aromatic heterocycles. The van der Waals surface area contributed by atoms with Gasteiger partial charge < -0.3 is 0 Å². The van der Waals surface area contributed by atoms with Crippen LogP contribution in [0.4, 0.5) is 0 Å². The van der Waals surface area contributed by atoms with E-state index >= 15 is 0 Å². The van der Waals surface area contributed by atoms with Crippen molar-refractivity contribution >= 4 is 11.9 Å². The lowest BCUT2D eigenvalue weighted by atomic mass is 10.0. The molecule has 0 radical (unpaired) electrons. The Morgan fingerprint density at radius 2 is 1.67 bits per heavy atom. The molecule has 0 unspecified atom stereocenters. The van der Waals surface area contributed by atoms with Gasteiger partial charge in [-0.05, 0) is 23.8 Å². The Morgan fingerprint density at radius 1 is 1.00 bits per heavy atom. The van der Waals surface area contributed by atoms with Gasteiger partial charge in [0, 0.05) is 5.56 Å². The summed E-state index contributed by atoms with van der Waals surface area (Å²) < 4.78 is 0. The lowest BCUT2D eigenvalue weighted by Crippen LogP contribution is -1.97. The molecule has 0 saturated carbocycles. The van der Waals surface area contributed by atoms with Gasteiger partial charge in [0.1, 0.15) is 0 Å². The summed E-state index contributed by atoms with van der Waals surface area (Å²) in [6, 6.07) is 18.4. The lowest BCUT2D eigenvalue weighted by Gasteiger charge is -1.98. The van der Waals surface area contributed by atoms with Gasteiger partial charge in [-0.25, -0.2) is 0 Å². The van der Waals surface area contributed by atoms with E-state index in [1.807, 2.05) is 36.4 Å². The van der Waals surface area contributed by atoms with Crippen molar-refractivity contribution in [3.05, 3.63) is 77.4 Å². The predicted molar refractivity (Wildman–Crippen MR) is 71.0 cm³/mol. The van der Waals surface area contributed by atoms with Gasteiger partial charge in [0.25, 0.3) is 0 Å². The van der Waals surface area contributed by atoms with Gasteiger partial charge in [-0.15, -0.1) is 0 Å². The van der Waals surface area contributed by atoms with Crippen molar-refractivity contribution in [2.45, 2.75) is 0 Å². The third-order valence-electron chi connectivity index (χ3n) is 2.54. The second-order valence-corrected chi connectivity index (χ2v) is 3.77. The van der Waals surface area contributed by atoms with Crippen molar-refractivity contribution in [2.24, 2.45) is 0 Å². The van der Waals surface area contributed by atoms with Crippen molar-refractivity contribution in [1.29, 1.82) is 5.26 Å². The maximum atomic E-state index is 12.0. The summed E-state index contributed by atoms with van der Waals surface area (Å²) in [6.45, 7) is 0. The number of benzene rings is 2. The standard InChI is InChI=1S/C16H11NO/c17-12-14-8-4-5-9-15(14)16(18)11-10-13-6-2-1-3-7-13/h1-11H/b11-10+. The van der Waals surface area contributed by atoms with Crippen LogP contribution in [0, 0.1) is 11.3 Å². The maximum absolute atomic E-state index is 12.0. The van der Waals surface area contributed by atoms with Gasteiger partial charge in [-0.3, -0.25) is 4.79 Å². The molecule has 2 nitrogen and oxygen atoms in total. The second kappa shape index (κ2) is 5.60. The van der Waals surface area contributed by atoms with E-state index in [1.54, 1.807) is 30.3 Å². The topological polar surface area (TPSA) is 40.9 Å². The molecule has 2 aromatic rings. The van der Waals surface area contributed by atoms with Crippen LogP contribution in [0.3, 0.4) is 0 Å². The molecular formula is C16H11NO. The van der Waals surface area contributed by atoms with Crippen LogP contribution >= 0.6 is 0 Å². The van der Waals surface area contributed by atoms with Crippen LogP contribution in [0.2, 0.25) is 0 Å². The van der Waals surface area contributed by atoms with Crippen molar-refractivity contribution in [2.75, 3.05) is 0 Å². The van der Waals surface area contributed by atoms with Gasteiger partial charge in [0.2, 0.25) is 0 Å². The molecule has 0 bridgehead atoms. The normalized spacial score (nSPS) is 10.2. The summed E-state index contributed by atoms with van der Waals surface area (Å²) in [5.41, 5.74) is 1.80. The summed E-state index contributed by atoms with van der Waals surface area (Å²) in [5.74, 6) is -0.156. The van der Waals surface area contributed by atoms with Crippen LogP contribution in [-0.4, -0.2) is 5.78 Å². The highest BCUT2D eigenvalue weighted by Crippen LogP contribution is 2.10. The van der Waals surface area contributed by atoms with E-state index in [0.29, 0.717) is 11.1 Å². The Bertz CT molecular complexity index is 621. The first-order valence-corrected chi connectivity index (χ1v) is 5.58. The zero-order valence-electron chi connectivity index (χ0n) is 9.71. The molecule has 2 heteroatoms. The molecule has 0 fully saturated rings. The molecule has 0 aliphatic heterocycles. The van der Waals surface area contributed by atoms with E-state index in [1.165, 1.54) is 6.08 Å². The number of nitrogens with zero attached hydrogens (tertiary/aromatic N) is 1. The minimum atomic E-state index is -0.156. The fourth-order valence-electron chi connectivity index (χ4n) is 1.62. The molecular weight excluding hydrogens is 222 g/mol. The summed E-state index contributed by atoms with van der Waals surface area (Å²) in [6.07, 6.45) is 3.24. The van der Waals surface area contributed by atoms with Crippen molar-refractivity contribution in [3.63, 3.8) is 0 Å². The molecule has 0 aliphatic rings. The summed E-state index contributed by atoms with van der Waals surface area (Å²) in [5, 5.41) is 8.93. The van der Waals surface area contributed by atoms with E-state index in [-0.39, 0.29) is 5.78 Å². The van der Waals surface area contributed by atoms with Crippen molar-refractivity contribution in [3.8, 4) is 6.07 Å². The number of nitriles is 1. The summed E-state index contributed by atoms with van der Waals surface area (Å²) in [7, 11) is 0. The van der Waals surface area contributed by atoms with E-state index in [4.69, 9.17) is 5.26 Å². The van der Waals surface area contributed by atoms with E-state index in [2.05, 4.69) is 0 Å². The molecule has 0 heterocycles. The number of allylic oxidation sites excluding steroid dienone is 1. The number of hydrogen-bond acceptors (Lipinski definition) is 2. The largest absolute Gasteiger partial charge is 0.289 e. The Morgan fingerprint density at radius 3 is 2.39 bits per heavy atom. The van der Waals surface area contributed by atoms with Gasteiger partial charge in [0.05, 0.1) is 11.6 Å². The Balaban J connectivity index is 2.23. The summed E-state index contributed by atoms with van der Waals surface area (Å²) in [4.78, 5) is 12.0. The van der Waals surface area contributed by atoms with Crippen molar-refractivity contribution in [1.82, 2.24) is 0 Å². The number of carbonyl (C=O) groups excluding carboxylic acids is 1. The van der Waals surface area contributed by atoms with Crippen LogP contribution in [0.25, 0.3) is 6.08 Å². The van der Waals surface area contributed by atoms with Crippen molar-refractivity contribution < 1.29 is 4.79 Å².